The van der Waals surface area contributed by atoms with Gasteiger partial charge in [0.15, 0.2) is 0 Å². The number of aliphatic hydroxyl groups is 1. The van der Waals surface area contributed by atoms with Crippen molar-refractivity contribution in [1.82, 2.24) is 0 Å². The van der Waals surface area contributed by atoms with Crippen molar-refractivity contribution in [2.45, 2.75) is 11.2 Å². The molecule has 6 nitrogen and oxygen atoms in total. The predicted octanol–water partition coefficient (Wildman–Crippen LogP) is 1.76. The lowest BCUT2D eigenvalue weighted by Gasteiger charge is -2.42. The summed E-state index contributed by atoms with van der Waals surface area (Å²) in [6.07, 6.45) is 0. The molecule has 2 atom stereocenters. The summed E-state index contributed by atoms with van der Waals surface area (Å²) >= 11 is 0. The number of hydrogen-bond acceptors (Lipinski definition) is 6. The van der Waals surface area contributed by atoms with Crippen molar-refractivity contribution >= 4 is 11.9 Å². The zero-order valence-corrected chi connectivity index (χ0v) is 14.3. The van der Waals surface area contributed by atoms with Crippen molar-refractivity contribution in [3.8, 4) is 0 Å². The fraction of sp³-hybridized carbons (Fsp3) is 0.263. The molecular formula is C19H20O6. The first-order chi connectivity index (χ1) is 12.0. The van der Waals surface area contributed by atoms with E-state index in [0.717, 1.165) is 14.2 Å². The van der Waals surface area contributed by atoms with Crippen LogP contribution in [-0.2, 0) is 35.0 Å². The van der Waals surface area contributed by atoms with E-state index in [4.69, 9.17) is 14.2 Å². The number of benzene rings is 2. The van der Waals surface area contributed by atoms with E-state index >= 15 is 0 Å². The second kappa shape index (κ2) is 7.46. The molecule has 1 N–H and O–H groups in total. The van der Waals surface area contributed by atoms with Crippen molar-refractivity contribution in [1.29, 1.82) is 0 Å². The Morgan fingerprint density at radius 3 is 1.60 bits per heavy atom. The van der Waals surface area contributed by atoms with E-state index in [0.29, 0.717) is 0 Å². The molecule has 6 heteroatoms. The first kappa shape index (κ1) is 18.6. The average Bonchev–Trinajstić information content (AvgIpc) is 2.69. The van der Waals surface area contributed by atoms with Gasteiger partial charge in [0.25, 0.3) is 0 Å². The molecule has 0 fully saturated rings. The van der Waals surface area contributed by atoms with Gasteiger partial charge >= 0.3 is 11.9 Å². The summed E-state index contributed by atoms with van der Waals surface area (Å²) in [5.41, 5.74) is -4.23. The Morgan fingerprint density at radius 2 is 1.20 bits per heavy atom. The molecule has 0 heterocycles. The maximum absolute atomic E-state index is 12.8. The van der Waals surface area contributed by atoms with Gasteiger partial charge in [0, 0.05) is 7.11 Å². The van der Waals surface area contributed by atoms with Crippen LogP contribution in [-0.4, -0.2) is 38.4 Å². The normalized spacial score (nSPS) is 15.5. The molecule has 2 aromatic rings. The molecule has 0 saturated heterocycles. The Hall–Kier alpha value is -2.70. The molecule has 0 aliphatic heterocycles. The van der Waals surface area contributed by atoms with E-state index < -0.39 is 23.1 Å². The molecule has 132 valence electrons. The van der Waals surface area contributed by atoms with Crippen molar-refractivity contribution in [2.75, 3.05) is 21.3 Å². The highest BCUT2D eigenvalue weighted by molar-refractivity contribution is 5.94. The summed E-state index contributed by atoms with van der Waals surface area (Å²) in [4.78, 5) is 25.5. The van der Waals surface area contributed by atoms with Crippen LogP contribution in [0.15, 0.2) is 60.7 Å². The van der Waals surface area contributed by atoms with Crippen LogP contribution in [0.5, 0.6) is 0 Å². The van der Waals surface area contributed by atoms with Crippen LogP contribution < -0.4 is 0 Å². The molecule has 0 aliphatic carbocycles. The molecule has 2 rings (SSSR count). The number of carbonyl (C=O) groups is 2. The molecule has 0 saturated carbocycles. The fourth-order valence-corrected chi connectivity index (χ4v) is 2.93. The lowest BCUT2D eigenvalue weighted by molar-refractivity contribution is -0.223. The SMILES string of the molecule is COC(=O)C(O)(c1ccccc1)C(OC)(C(=O)OC)c1ccccc1. The van der Waals surface area contributed by atoms with Gasteiger partial charge in [-0.1, -0.05) is 60.7 Å². The van der Waals surface area contributed by atoms with Crippen LogP contribution in [0, 0.1) is 0 Å². The summed E-state index contributed by atoms with van der Waals surface area (Å²) in [7, 11) is 3.50. The molecule has 0 bridgehead atoms. The summed E-state index contributed by atoms with van der Waals surface area (Å²) in [5, 5.41) is 11.5. The Balaban J connectivity index is 2.88. The van der Waals surface area contributed by atoms with Crippen LogP contribution >= 0.6 is 0 Å². The summed E-state index contributed by atoms with van der Waals surface area (Å²) < 4.78 is 15.2. The van der Waals surface area contributed by atoms with Gasteiger partial charge in [0.2, 0.25) is 11.2 Å². The lowest BCUT2D eigenvalue weighted by Crippen LogP contribution is -2.61. The molecule has 0 spiro atoms. The van der Waals surface area contributed by atoms with Crippen LogP contribution in [0.4, 0.5) is 0 Å². The topological polar surface area (TPSA) is 82.1 Å². The highest BCUT2D eigenvalue weighted by Gasteiger charge is 2.65. The minimum atomic E-state index is -2.47. The summed E-state index contributed by atoms with van der Waals surface area (Å²) in [6, 6.07) is 16.2. The molecule has 0 radical (unpaired) electrons. The maximum Gasteiger partial charge on any atom is 0.346 e. The quantitative estimate of drug-likeness (QED) is 0.804. The number of esters is 2. The number of ether oxygens (including phenoxy) is 3. The van der Waals surface area contributed by atoms with E-state index in [1.807, 2.05) is 0 Å². The van der Waals surface area contributed by atoms with Gasteiger partial charge in [-0.15, -0.1) is 0 Å². The first-order valence-electron chi connectivity index (χ1n) is 7.54. The first-order valence-corrected chi connectivity index (χ1v) is 7.54. The zero-order valence-electron chi connectivity index (χ0n) is 14.3. The minimum absolute atomic E-state index is 0.137. The Labute approximate surface area is 146 Å². The smallest absolute Gasteiger partial charge is 0.346 e. The second-order valence-electron chi connectivity index (χ2n) is 5.31. The van der Waals surface area contributed by atoms with E-state index in [2.05, 4.69) is 0 Å². The third kappa shape index (κ3) is 2.79. The van der Waals surface area contributed by atoms with Gasteiger partial charge in [-0.25, -0.2) is 9.59 Å². The van der Waals surface area contributed by atoms with E-state index in [1.165, 1.54) is 19.2 Å². The molecule has 2 aromatic carbocycles. The minimum Gasteiger partial charge on any atom is -0.467 e. The summed E-state index contributed by atoms with van der Waals surface area (Å²) in [5.74, 6) is -1.98. The zero-order chi connectivity index (χ0) is 18.5. The monoisotopic (exact) mass is 344 g/mol. The van der Waals surface area contributed by atoms with Crippen LogP contribution in [0.1, 0.15) is 11.1 Å². The molecule has 0 aromatic heterocycles. The van der Waals surface area contributed by atoms with Gasteiger partial charge < -0.3 is 19.3 Å². The molecule has 0 amide bonds. The highest BCUT2D eigenvalue weighted by Crippen LogP contribution is 2.45. The van der Waals surface area contributed by atoms with Crippen molar-refractivity contribution in [3.63, 3.8) is 0 Å². The van der Waals surface area contributed by atoms with E-state index in [-0.39, 0.29) is 11.1 Å². The predicted molar refractivity (Wildman–Crippen MR) is 89.5 cm³/mol. The Bertz CT molecular complexity index is 730. The third-order valence-electron chi connectivity index (χ3n) is 4.14. The summed E-state index contributed by atoms with van der Waals surface area (Å²) in [6.45, 7) is 0. The van der Waals surface area contributed by atoms with Gasteiger partial charge in [-0.2, -0.15) is 0 Å². The molecular weight excluding hydrogens is 324 g/mol. The van der Waals surface area contributed by atoms with Gasteiger partial charge in [0.05, 0.1) is 14.2 Å². The van der Waals surface area contributed by atoms with Crippen molar-refractivity contribution in [2.24, 2.45) is 0 Å². The van der Waals surface area contributed by atoms with Gasteiger partial charge in [-0.3, -0.25) is 0 Å². The van der Waals surface area contributed by atoms with Crippen LogP contribution in [0.2, 0.25) is 0 Å². The second-order valence-corrected chi connectivity index (χ2v) is 5.31. The third-order valence-corrected chi connectivity index (χ3v) is 4.14. The number of methoxy groups -OCH3 is 3. The lowest BCUT2D eigenvalue weighted by atomic mass is 9.72. The number of carbonyl (C=O) groups excluding carboxylic acids is 2. The van der Waals surface area contributed by atoms with Crippen LogP contribution in [0.3, 0.4) is 0 Å². The number of hydrogen-bond donors (Lipinski definition) is 1. The largest absolute Gasteiger partial charge is 0.467 e. The standard InChI is InChI=1S/C19H20O6/c1-23-16(20)18(22,14-10-6-4-7-11-14)19(25-3,17(21)24-2)15-12-8-5-9-13-15/h4-13,22H,1-3H3. The van der Waals surface area contributed by atoms with Crippen LogP contribution in [0.25, 0.3) is 0 Å². The maximum atomic E-state index is 12.8. The van der Waals surface area contributed by atoms with Gasteiger partial charge in [0.1, 0.15) is 0 Å². The molecule has 2 unspecified atom stereocenters. The highest BCUT2D eigenvalue weighted by atomic mass is 16.6. The van der Waals surface area contributed by atoms with E-state index in [1.54, 1.807) is 48.5 Å². The molecule has 25 heavy (non-hydrogen) atoms. The van der Waals surface area contributed by atoms with Gasteiger partial charge in [-0.05, 0) is 11.1 Å². The Kier molecular flexibility index (Phi) is 5.56. The van der Waals surface area contributed by atoms with Crippen molar-refractivity contribution < 1.29 is 28.9 Å². The molecule has 0 aliphatic rings. The van der Waals surface area contributed by atoms with Crippen molar-refractivity contribution in [3.05, 3.63) is 71.8 Å². The van der Waals surface area contributed by atoms with E-state index in [9.17, 15) is 14.7 Å². The fourth-order valence-electron chi connectivity index (χ4n) is 2.93. The number of rotatable bonds is 6. The average molecular weight is 344 g/mol. The Morgan fingerprint density at radius 1 is 0.760 bits per heavy atom.